The van der Waals surface area contributed by atoms with Crippen molar-refractivity contribution in [3.8, 4) is 0 Å². The SMILES string of the molecule is CN=C(NCc1ccccc1CN1CCOCC1)NCc1nccn1Cc1ccccc1. The molecular weight excluding hydrogens is 400 g/mol. The van der Waals surface area contributed by atoms with Gasteiger partial charge < -0.3 is 19.9 Å². The molecule has 2 heterocycles. The Morgan fingerprint density at radius 2 is 1.66 bits per heavy atom. The van der Waals surface area contributed by atoms with Crippen molar-refractivity contribution in [2.45, 2.75) is 26.2 Å². The van der Waals surface area contributed by atoms with Gasteiger partial charge in [0.2, 0.25) is 0 Å². The molecule has 2 aromatic carbocycles. The lowest BCUT2D eigenvalue weighted by atomic mass is 10.1. The van der Waals surface area contributed by atoms with Crippen LogP contribution in [0.25, 0.3) is 0 Å². The van der Waals surface area contributed by atoms with Crippen LogP contribution < -0.4 is 10.6 Å². The van der Waals surface area contributed by atoms with Crippen LogP contribution in [0.5, 0.6) is 0 Å². The molecule has 168 valence electrons. The van der Waals surface area contributed by atoms with E-state index in [-0.39, 0.29) is 0 Å². The van der Waals surface area contributed by atoms with E-state index in [4.69, 9.17) is 4.74 Å². The standard InChI is InChI=1S/C25H32N6O/c1-26-25(29-18-24-27-11-12-31(24)19-21-7-3-2-4-8-21)28-17-22-9-5-6-10-23(22)20-30-13-15-32-16-14-30/h2-12H,13-20H2,1H3,(H2,26,28,29). The minimum atomic E-state index is 0.606. The Bertz CT molecular complexity index is 994. The molecule has 4 rings (SSSR count). The van der Waals surface area contributed by atoms with Crippen molar-refractivity contribution in [1.82, 2.24) is 25.1 Å². The van der Waals surface area contributed by atoms with Crippen LogP contribution in [0, 0.1) is 0 Å². The summed E-state index contributed by atoms with van der Waals surface area (Å²) in [5.41, 5.74) is 3.88. The van der Waals surface area contributed by atoms with Gasteiger partial charge in [-0.3, -0.25) is 9.89 Å². The summed E-state index contributed by atoms with van der Waals surface area (Å²) >= 11 is 0. The maximum absolute atomic E-state index is 5.48. The maximum atomic E-state index is 5.48. The molecule has 1 aliphatic rings. The number of nitrogens with one attached hydrogen (secondary N) is 2. The molecule has 0 atom stereocenters. The molecule has 2 N–H and O–H groups in total. The Labute approximate surface area is 190 Å². The molecule has 0 radical (unpaired) electrons. The summed E-state index contributed by atoms with van der Waals surface area (Å²) in [6, 6.07) is 19.0. The first-order chi connectivity index (χ1) is 15.8. The summed E-state index contributed by atoms with van der Waals surface area (Å²) in [7, 11) is 1.80. The predicted molar refractivity (Wildman–Crippen MR) is 127 cm³/mol. The number of rotatable bonds is 8. The normalized spacial score (nSPS) is 15.0. The first-order valence-electron chi connectivity index (χ1n) is 11.2. The number of hydrogen-bond donors (Lipinski definition) is 2. The first kappa shape index (κ1) is 22.0. The third-order valence-corrected chi connectivity index (χ3v) is 5.70. The Morgan fingerprint density at radius 3 is 2.44 bits per heavy atom. The number of ether oxygens (including phenoxy) is 1. The lowest BCUT2D eigenvalue weighted by Gasteiger charge is -2.27. The number of guanidine groups is 1. The van der Waals surface area contributed by atoms with Gasteiger partial charge in [0.05, 0.1) is 19.8 Å². The molecule has 1 fully saturated rings. The van der Waals surface area contributed by atoms with Gasteiger partial charge in [0.1, 0.15) is 5.82 Å². The third kappa shape index (κ3) is 6.18. The van der Waals surface area contributed by atoms with E-state index in [1.807, 2.05) is 18.5 Å². The van der Waals surface area contributed by atoms with Crippen LogP contribution in [0.15, 0.2) is 72.0 Å². The number of morpholine rings is 1. The van der Waals surface area contributed by atoms with Gasteiger partial charge in [-0.2, -0.15) is 0 Å². The highest BCUT2D eigenvalue weighted by atomic mass is 16.5. The molecule has 7 nitrogen and oxygen atoms in total. The number of imidazole rings is 1. The quantitative estimate of drug-likeness (QED) is 0.423. The zero-order valence-electron chi connectivity index (χ0n) is 18.7. The van der Waals surface area contributed by atoms with Crippen molar-refractivity contribution in [2.75, 3.05) is 33.4 Å². The Morgan fingerprint density at radius 1 is 0.938 bits per heavy atom. The molecule has 0 saturated carbocycles. The van der Waals surface area contributed by atoms with Gasteiger partial charge >= 0.3 is 0 Å². The zero-order chi connectivity index (χ0) is 22.0. The molecule has 1 aromatic heterocycles. The van der Waals surface area contributed by atoms with Gasteiger partial charge in [-0.05, 0) is 16.7 Å². The molecule has 1 saturated heterocycles. The van der Waals surface area contributed by atoms with E-state index in [0.29, 0.717) is 6.54 Å². The maximum Gasteiger partial charge on any atom is 0.191 e. The van der Waals surface area contributed by atoms with Crippen LogP contribution >= 0.6 is 0 Å². The van der Waals surface area contributed by atoms with E-state index in [9.17, 15) is 0 Å². The predicted octanol–water partition coefficient (Wildman–Crippen LogP) is 2.63. The fraction of sp³-hybridized carbons (Fsp3) is 0.360. The number of hydrogen-bond acceptors (Lipinski definition) is 4. The molecule has 0 aliphatic carbocycles. The van der Waals surface area contributed by atoms with Crippen molar-refractivity contribution in [2.24, 2.45) is 4.99 Å². The smallest absolute Gasteiger partial charge is 0.191 e. The van der Waals surface area contributed by atoms with E-state index in [2.05, 4.69) is 78.6 Å². The molecule has 7 heteroatoms. The molecule has 0 unspecified atom stereocenters. The molecule has 0 spiro atoms. The summed E-state index contributed by atoms with van der Waals surface area (Å²) in [5.74, 6) is 1.74. The fourth-order valence-electron chi connectivity index (χ4n) is 3.88. The summed E-state index contributed by atoms with van der Waals surface area (Å²) in [6.45, 7) is 6.69. The highest BCUT2D eigenvalue weighted by molar-refractivity contribution is 5.79. The van der Waals surface area contributed by atoms with Crippen molar-refractivity contribution in [3.05, 3.63) is 89.5 Å². The third-order valence-electron chi connectivity index (χ3n) is 5.70. The summed E-state index contributed by atoms with van der Waals surface area (Å²) in [6.07, 6.45) is 3.86. The van der Waals surface area contributed by atoms with Crippen LogP contribution in [0.4, 0.5) is 0 Å². The average molecular weight is 433 g/mol. The van der Waals surface area contributed by atoms with Gasteiger partial charge in [-0.25, -0.2) is 4.98 Å². The average Bonchev–Trinajstić information content (AvgIpc) is 3.28. The van der Waals surface area contributed by atoms with Crippen molar-refractivity contribution in [3.63, 3.8) is 0 Å². The fourth-order valence-corrected chi connectivity index (χ4v) is 3.88. The molecule has 32 heavy (non-hydrogen) atoms. The van der Waals surface area contributed by atoms with Crippen LogP contribution in [0.1, 0.15) is 22.5 Å². The second kappa shape index (κ2) is 11.5. The number of aliphatic imine (C=N–C) groups is 1. The number of nitrogens with zero attached hydrogens (tertiary/aromatic N) is 4. The van der Waals surface area contributed by atoms with E-state index in [0.717, 1.165) is 57.7 Å². The van der Waals surface area contributed by atoms with Gasteiger partial charge in [0.15, 0.2) is 5.96 Å². The van der Waals surface area contributed by atoms with E-state index in [1.54, 1.807) is 7.05 Å². The van der Waals surface area contributed by atoms with Crippen molar-refractivity contribution < 1.29 is 4.74 Å². The molecule has 0 amide bonds. The van der Waals surface area contributed by atoms with Crippen molar-refractivity contribution >= 4 is 5.96 Å². The minimum absolute atomic E-state index is 0.606. The molecule has 0 bridgehead atoms. The summed E-state index contributed by atoms with van der Waals surface area (Å²) in [4.78, 5) is 11.4. The second-order valence-corrected chi connectivity index (χ2v) is 7.89. The van der Waals surface area contributed by atoms with E-state index >= 15 is 0 Å². The van der Waals surface area contributed by atoms with Crippen molar-refractivity contribution in [1.29, 1.82) is 0 Å². The van der Waals surface area contributed by atoms with Crippen LogP contribution in [-0.2, 0) is 30.9 Å². The second-order valence-electron chi connectivity index (χ2n) is 7.89. The van der Waals surface area contributed by atoms with Crippen LogP contribution in [0.3, 0.4) is 0 Å². The highest BCUT2D eigenvalue weighted by Crippen LogP contribution is 2.13. The van der Waals surface area contributed by atoms with Crippen LogP contribution in [-0.4, -0.2) is 53.8 Å². The van der Waals surface area contributed by atoms with Crippen LogP contribution in [0.2, 0.25) is 0 Å². The summed E-state index contributed by atoms with van der Waals surface area (Å²) in [5, 5.41) is 6.85. The van der Waals surface area contributed by atoms with E-state index < -0.39 is 0 Å². The van der Waals surface area contributed by atoms with Gasteiger partial charge in [-0.15, -0.1) is 0 Å². The highest BCUT2D eigenvalue weighted by Gasteiger charge is 2.13. The van der Waals surface area contributed by atoms with Gasteiger partial charge in [-0.1, -0.05) is 54.6 Å². The Hall–Kier alpha value is -3.16. The zero-order valence-corrected chi connectivity index (χ0v) is 18.7. The largest absolute Gasteiger partial charge is 0.379 e. The minimum Gasteiger partial charge on any atom is -0.379 e. The van der Waals surface area contributed by atoms with Gasteiger partial charge in [0, 0.05) is 52.2 Å². The number of benzene rings is 2. The topological polar surface area (TPSA) is 66.7 Å². The Kier molecular flexibility index (Phi) is 7.89. The van der Waals surface area contributed by atoms with Gasteiger partial charge in [0.25, 0.3) is 0 Å². The van der Waals surface area contributed by atoms with E-state index in [1.165, 1.54) is 16.7 Å². The molecular formula is C25H32N6O. The molecule has 1 aliphatic heterocycles. The Balaban J connectivity index is 1.31. The molecule has 3 aromatic rings. The number of aromatic nitrogens is 2. The lowest BCUT2D eigenvalue weighted by molar-refractivity contribution is 0.0341. The summed E-state index contributed by atoms with van der Waals surface area (Å²) < 4.78 is 7.64. The monoisotopic (exact) mass is 432 g/mol. The lowest BCUT2D eigenvalue weighted by Crippen LogP contribution is -2.38. The first-order valence-corrected chi connectivity index (χ1v) is 11.2.